The largest absolute Gasteiger partial charge is 0.456 e. The van der Waals surface area contributed by atoms with Crippen molar-refractivity contribution < 1.29 is 4.42 Å². The van der Waals surface area contributed by atoms with Crippen molar-refractivity contribution in [3.63, 3.8) is 0 Å². The van der Waals surface area contributed by atoms with Crippen LogP contribution in [-0.4, -0.2) is 6.71 Å². The van der Waals surface area contributed by atoms with E-state index in [0.29, 0.717) is 0 Å². The van der Waals surface area contributed by atoms with Crippen molar-refractivity contribution in [2.24, 2.45) is 0 Å². The zero-order valence-electron chi connectivity index (χ0n) is 28.3. The topological polar surface area (TPSA) is 19.6 Å². The van der Waals surface area contributed by atoms with Gasteiger partial charge >= 0.3 is 0 Å². The first kappa shape index (κ1) is 29.0. The highest BCUT2D eigenvalue weighted by Gasteiger charge is 2.43. The Morgan fingerprint density at radius 3 is 1.52 bits per heavy atom. The fraction of sp³-hybridized carbons (Fsp3) is 0. The molecule has 0 saturated carbocycles. The molecule has 3 nitrogen and oxygen atoms in total. The Balaban J connectivity index is 1.15. The van der Waals surface area contributed by atoms with Gasteiger partial charge in [0.1, 0.15) is 11.2 Å². The molecule has 0 unspecified atom stereocenters. The molecule has 52 heavy (non-hydrogen) atoms. The molecule has 0 amide bonds. The summed E-state index contributed by atoms with van der Waals surface area (Å²) in [5.74, 6) is 0. The summed E-state index contributed by atoms with van der Waals surface area (Å²) in [4.78, 5) is 4.89. The first-order valence-corrected chi connectivity index (χ1v) is 17.9. The van der Waals surface area contributed by atoms with E-state index in [2.05, 4.69) is 192 Å². The smallest absolute Gasteiger partial charge is 0.252 e. The van der Waals surface area contributed by atoms with Gasteiger partial charge in [0.2, 0.25) is 0 Å². The molecule has 0 bridgehead atoms. The first-order valence-electron chi connectivity index (χ1n) is 17.9. The van der Waals surface area contributed by atoms with Crippen LogP contribution < -0.4 is 26.2 Å². The summed E-state index contributed by atoms with van der Waals surface area (Å²) in [7, 11) is 0. The molecule has 0 spiro atoms. The Morgan fingerprint density at radius 1 is 0.346 bits per heavy atom. The third-order valence-electron chi connectivity index (χ3n) is 10.9. The van der Waals surface area contributed by atoms with Gasteiger partial charge in [0.25, 0.3) is 6.71 Å². The lowest BCUT2D eigenvalue weighted by Crippen LogP contribution is -2.61. The van der Waals surface area contributed by atoms with Gasteiger partial charge in [-0.1, -0.05) is 133 Å². The predicted octanol–water partition coefficient (Wildman–Crippen LogP) is 11.0. The van der Waals surface area contributed by atoms with Gasteiger partial charge < -0.3 is 14.2 Å². The van der Waals surface area contributed by atoms with Gasteiger partial charge in [0.05, 0.1) is 0 Å². The van der Waals surface area contributed by atoms with Crippen LogP contribution in [0.25, 0.3) is 44.2 Å². The molecule has 0 radical (unpaired) electrons. The summed E-state index contributed by atoms with van der Waals surface area (Å²) in [5.41, 5.74) is 17.5. The quantitative estimate of drug-likeness (QED) is 0.175. The maximum Gasteiger partial charge on any atom is 0.252 e. The number of para-hydroxylation sites is 2. The molecule has 3 heterocycles. The van der Waals surface area contributed by atoms with E-state index in [1.165, 1.54) is 55.7 Å². The van der Waals surface area contributed by atoms with Crippen molar-refractivity contribution in [3.05, 3.63) is 188 Å². The van der Waals surface area contributed by atoms with Crippen molar-refractivity contribution in [2.45, 2.75) is 0 Å². The Bertz CT molecular complexity index is 2790. The monoisotopic (exact) mass is 662 g/mol. The van der Waals surface area contributed by atoms with Crippen molar-refractivity contribution in [3.8, 4) is 22.3 Å². The van der Waals surface area contributed by atoms with Crippen LogP contribution in [0, 0.1) is 0 Å². The van der Waals surface area contributed by atoms with E-state index in [-0.39, 0.29) is 6.71 Å². The molecule has 11 rings (SSSR count). The fourth-order valence-corrected chi connectivity index (χ4v) is 8.53. The van der Waals surface area contributed by atoms with Gasteiger partial charge in [-0.3, -0.25) is 0 Å². The van der Waals surface area contributed by atoms with Crippen molar-refractivity contribution >= 4 is 79.2 Å². The van der Waals surface area contributed by atoms with E-state index in [1.807, 2.05) is 6.07 Å². The van der Waals surface area contributed by atoms with Gasteiger partial charge in [-0.25, -0.2) is 0 Å². The summed E-state index contributed by atoms with van der Waals surface area (Å²) in [5, 5.41) is 2.29. The molecule has 4 heteroatoms. The minimum Gasteiger partial charge on any atom is -0.456 e. The van der Waals surface area contributed by atoms with E-state index in [0.717, 1.165) is 39.0 Å². The van der Waals surface area contributed by atoms with Crippen LogP contribution in [0.5, 0.6) is 0 Å². The lowest BCUT2D eigenvalue weighted by Gasteiger charge is -2.44. The minimum absolute atomic E-state index is 0.0372. The molecular weight excluding hydrogens is 631 g/mol. The van der Waals surface area contributed by atoms with Crippen LogP contribution in [0.2, 0.25) is 0 Å². The normalized spacial score (nSPS) is 12.9. The average Bonchev–Trinajstić information content (AvgIpc) is 3.58. The maximum atomic E-state index is 6.53. The van der Waals surface area contributed by atoms with Crippen LogP contribution >= 0.6 is 0 Å². The van der Waals surface area contributed by atoms with Crippen LogP contribution in [0.15, 0.2) is 192 Å². The Labute approximate surface area is 302 Å². The molecule has 2 aliphatic rings. The zero-order chi connectivity index (χ0) is 34.2. The summed E-state index contributed by atoms with van der Waals surface area (Å²) in [6.07, 6.45) is 0. The standard InChI is InChI=1S/C48H31BN2O/c1-3-12-32(13-4-1)34-22-26-36(27-23-34)50-42-18-9-8-17-40(42)49-41-30-39-38-16-7-10-21-46(38)52-47(39)31-45(41)51(44-20-11-19-43(50)48(44)49)37-28-24-35(25-29-37)33-14-5-2-6-15-33/h1-31H. The van der Waals surface area contributed by atoms with Crippen molar-refractivity contribution in [2.75, 3.05) is 9.80 Å². The Hall–Kier alpha value is -6.78. The number of furan rings is 1. The van der Waals surface area contributed by atoms with Crippen LogP contribution in [0.3, 0.4) is 0 Å². The van der Waals surface area contributed by atoms with Crippen LogP contribution in [-0.2, 0) is 0 Å². The molecule has 8 aromatic carbocycles. The second-order valence-corrected chi connectivity index (χ2v) is 13.7. The Kier molecular flexibility index (Phi) is 6.35. The first-order chi connectivity index (χ1) is 25.8. The minimum atomic E-state index is 0.0372. The third-order valence-corrected chi connectivity index (χ3v) is 10.9. The summed E-state index contributed by atoms with van der Waals surface area (Å²) >= 11 is 0. The van der Waals surface area contributed by atoms with Crippen LogP contribution in [0.4, 0.5) is 34.1 Å². The SMILES string of the molecule is c1ccc(-c2ccc(N3c4ccccc4B4c5cc6c(cc5N(c5ccc(-c7ccccc7)cc5)c5cccc3c54)oc3ccccc36)cc2)cc1. The van der Waals surface area contributed by atoms with E-state index in [9.17, 15) is 0 Å². The molecule has 0 N–H and O–H groups in total. The molecule has 9 aromatic rings. The van der Waals surface area contributed by atoms with Gasteiger partial charge in [-0.15, -0.1) is 0 Å². The molecule has 2 aliphatic heterocycles. The third kappa shape index (κ3) is 4.34. The van der Waals surface area contributed by atoms with Gasteiger partial charge in [0, 0.05) is 51.0 Å². The molecule has 242 valence electrons. The zero-order valence-corrected chi connectivity index (χ0v) is 28.3. The van der Waals surface area contributed by atoms with Gasteiger partial charge in [-0.2, -0.15) is 0 Å². The van der Waals surface area contributed by atoms with E-state index >= 15 is 0 Å². The number of benzene rings is 8. The lowest BCUT2D eigenvalue weighted by molar-refractivity contribution is 0.669. The number of rotatable bonds is 4. The maximum absolute atomic E-state index is 6.53. The molecule has 0 fully saturated rings. The highest BCUT2D eigenvalue weighted by Crippen LogP contribution is 2.45. The van der Waals surface area contributed by atoms with Crippen LogP contribution in [0.1, 0.15) is 0 Å². The van der Waals surface area contributed by atoms with E-state index in [1.54, 1.807) is 0 Å². The summed E-state index contributed by atoms with van der Waals surface area (Å²) in [6, 6.07) is 67.9. The number of nitrogens with zero attached hydrogens (tertiary/aromatic N) is 2. The number of anilines is 6. The lowest BCUT2D eigenvalue weighted by atomic mass is 9.33. The number of fused-ring (bicyclic) bond motifs is 7. The van der Waals surface area contributed by atoms with Crippen molar-refractivity contribution in [1.82, 2.24) is 0 Å². The molecule has 1 aromatic heterocycles. The second kappa shape index (κ2) is 11.4. The number of hydrogen-bond acceptors (Lipinski definition) is 3. The van der Waals surface area contributed by atoms with Gasteiger partial charge in [0.15, 0.2) is 0 Å². The summed E-state index contributed by atoms with van der Waals surface area (Å²) in [6.45, 7) is 0.0372. The van der Waals surface area contributed by atoms with Gasteiger partial charge in [-0.05, 0) is 87.2 Å². The average molecular weight is 663 g/mol. The fourth-order valence-electron chi connectivity index (χ4n) is 8.53. The Morgan fingerprint density at radius 2 is 0.865 bits per heavy atom. The van der Waals surface area contributed by atoms with E-state index < -0.39 is 0 Å². The molecule has 0 saturated heterocycles. The summed E-state index contributed by atoms with van der Waals surface area (Å²) < 4.78 is 6.53. The molecular formula is C48H31BN2O. The molecule has 0 atom stereocenters. The predicted molar refractivity (Wildman–Crippen MR) is 219 cm³/mol. The van der Waals surface area contributed by atoms with Crippen molar-refractivity contribution in [1.29, 1.82) is 0 Å². The second-order valence-electron chi connectivity index (χ2n) is 13.7. The highest BCUT2D eigenvalue weighted by atomic mass is 16.3. The molecule has 0 aliphatic carbocycles. The van der Waals surface area contributed by atoms with E-state index in [4.69, 9.17) is 4.42 Å². The highest BCUT2D eigenvalue weighted by molar-refractivity contribution is 7.00. The number of hydrogen-bond donors (Lipinski definition) is 0.